The molecule has 2 aromatic carbocycles. The Morgan fingerprint density at radius 1 is 1.00 bits per heavy atom. The van der Waals surface area contributed by atoms with Gasteiger partial charge < -0.3 is 10.1 Å². The second kappa shape index (κ2) is 7.71. The molecule has 2 rings (SSSR count). The van der Waals surface area contributed by atoms with Crippen molar-refractivity contribution in [3.8, 4) is 5.75 Å². The predicted octanol–water partition coefficient (Wildman–Crippen LogP) is 3.13. The predicted molar refractivity (Wildman–Crippen MR) is 82.6 cm³/mol. The summed E-state index contributed by atoms with van der Waals surface area (Å²) in [6, 6.07) is 19.3. The Morgan fingerprint density at radius 3 is 2.50 bits per heavy atom. The van der Waals surface area contributed by atoms with Crippen molar-refractivity contribution in [2.45, 2.75) is 39.5 Å². The fourth-order valence-corrected chi connectivity index (χ4v) is 2.01. The highest BCUT2D eigenvalue weighted by atomic mass is 16.5. The third-order valence-corrected chi connectivity index (χ3v) is 3.55. The van der Waals surface area contributed by atoms with E-state index in [0.717, 1.165) is 12.3 Å². The summed E-state index contributed by atoms with van der Waals surface area (Å²) in [4.78, 5) is 0. The highest BCUT2D eigenvalue weighted by Crippen LogP contribution is 2.14. The van der Waals surface area contributed by atoms with E-state index in [9.17, 15) is 0 Å². The first-order valence-corrected chi connectivity index (χ1v) is 7.37. The summed E-state index contributed by atoms with van der Waals surface area (Å²) < 4.78 is 5.85. The van der Waals surface area contributed by atoms with Gasteiger partial charge in [0.2, 0.25) is 0 Å². The Bertz CT molecular complexity index is 510. The van der Waals surface area contributed by atoms with Crippen molar-refractivity contribution >= 4 is 0 Å². The summed E-state index contributed by atoms with van der Waals surface area (Å²) in [5.41, 5.74) is 2.51. The van der Waals surface area contributed by atoms with Crippen molar-refractivity contribution in [1.29, 1.82) is 0 Å². The molecule has 0 unspecified atom stereocenters. The van der Waals surface area contributed by atoms with Gasteiger partial charge >= 0.3 is 0 Å². The minimum atomic E-state index is 0.624. The zero-order chi connectivity index (χ0) is 14.2. The van der Waals surface area contributed by atoms with Crippen molar-refractivity contribution in [2.24, 2.45) is 0 Å². The number of hydrogen-bond acceptors (Lipinski definition) is 1. The van der Waals surface area contributed by atoms with E-state index in [1.165, 1.54) is 17.5 Å². The smallest absolute Gasteiger partial charge is 0.120 e. The number of nitrogens with two attached hydrogens (primary N) is 1. The fourth-order valence-electron chi connectivity index (χ4n) is 2.01. The van der Waals surface area contributed by atoms with Crippen LogP contribution in [0.5, 0.6) is 5.75 Å². The molecule has 2 heteroatoms. The Balaban J connectivity index is 1.89. The van der Waals surface area contributed by atoms with E-state index < -0.39 is 0 Å². The summed E-state index contributed by atoms with van der Waals surface area (Å²) >= 11 is 0. The zero-order valence-corrected chi connectivity index (χ0v) is 12.4. The van der Waals surface area contributed by atoms with E-state index in [-0.39, 0.29) is 0 Å². The molecule has 0 saturated heterocycles. The molecule has 0 aliphatic heterocycles. The van der Waals surface area contributed by atoms with Gasteiger partial charge in [0, 0.05) is 5.56 Å². The van der Waals surface area contributed by atoms with Crippen LogP contribution in [0.15, 0.2) is 54.6 Å². The van der Waals surface area contributed by atoms with Gasteiger partial charge in [0.25, 0.3) is 0 Å². The third-order valence-electron chi connectivity index (χ3n) is 3.55. The van der Waals surface area contributed by atoms with Gasteiger partial charge in [-0.15, -0.1) is 0 Å². The maximum Gasteiger partial charge on any atom is 0.120 e. The number of ether oxygens (including phenoxy) is 1. The maximum atomic E-state index is 5.85. The summed E-state index contributed by atoms with van der Waals surface area (Å²) in [6.07, 6.45) is 1.20. The summed E-state index contributed by atoms with van der Waals surface area (Å²) in [7, 11) is 0. The lowest BCUT2D eigenvalue weighted by molar-refractivity contribution is -0.701. The minimum Gasteiger partial charge on any atom is -0.489 e. The van der Waals surface area contributed by atoms with Crippen molar-refractivity contribution in [1.82, 2.24) is 0 Å². The Hall–Kier alpha value is -1.80. The molecule has 2 nitrogen and oxygen atoms in total. The summed E-state index contributed by atoms with van der Waals surface area (Å²) in [5, 5.41) is 2.37. The quantitative estimate of drug-likeness (QED) is 0.822. The van der Waals surface area contributed by atoms with Crippen molar-refractivity contribution in [3.05, 3.63) is 65.7 Å². The molecule has 0 saturated carbocycles. The highest BCUT2D eigenvalue weighted by Gasteiger charge is 2.03. The third kappa shape index (κ3) is 4.71. The SMILES string of the molecule is CC[C@@H](C)[NH2+]Cc1cccc(OCc2ccccc2)c1. The van der Waals surface area contributed by atoms with E-state index >= 15 is 0 Å². The summed E-state index contributed by atoms with van der Waals surface area (Å²) in [6.45, 7) is 6.12. The lowest BCUT2D eigenvalue weighted by Gasteiger charge is -2.10. The first-order chi connectivity index (χ1) is 9.78. The van der Waals surface area contributed by atoms with Crippen LogP contribution in [0, 0.1) is 0 Å². The number of quaternary nitrogens is 1. The molecule has 0 bridgehead atoms. The average Bonchev–Trinajstić information content (AvgIpc) is 2.52. The van der Waals surface area contributed by atoms with Crippen molar-refractivity contribution in [2.75, 3.05) is 0 Å². The van der Waals surface area contributed by atoms with Gasteiger partial charge in [-0.2, -0.15) is 0 Å². The zero-order valence-electron chi connectivity index (χ0n) is 12.4. The molecular formula is C18H24NO+. The largest absolute Gasteiger partial charge is 0.489 e. The Morgan fingerprint density at radius 2 is 1.75 bits per heavy atom. The van der Waals surface area contributed by atoms with Crippen LogP contribution in [-0.4, -0.2) is 6.04 Å². The molecule has 0 aliphatic rings. The molecule has 2 aromatic rings. The average molecular weight is 270 g/mol. The van der Waals surface area contributed by atoms with E-state index in [0.29, 0.717) is 12.6 Å². The lowest BCUT2D eigenvalue weighted by Crippen LogP contribution is -2.87. The van der Waals surface area contributed by atoms with Crippen molar-refractivity contribution in [3.63, 3.8) is 0 Å². The van der Waals surface area contributed by atoms with Gasteiger partial charge in [-0.25, -0.2) is 0 Å². The standard InChI is InChI=1S/C18H23NO/c1-3-15(2)19-13-17-10-7-11-18(12-17)20-14-16-8-5-4-6-9-16/h4-12,15,19H,3,13-14H2,1-2H3/p+1/t15-/m1/s1. The highest BCUT2D eigenvalue weighted by molar-refractivity contribution is 5.28. The van der Waals surface area contributed by atoms with Crippen LogP contribution in [-0.2, 0) is 13.2 Å². The molecule has 0 radical (unpaired) electrons. The molecule has 1 atom stereocenters. The van der Waals surface area contributed by atoms with Gasteiger partial charge in [0.15, 0.2) is 0 Å². The fraction of sp³-hybridized carbons (Fsp3) is 0.333. The number of hydrogen-bond donors (Lipinski definition) is 1. The van der Waals surface area contributed by atoms with Crippen LogP contribution in [0.2, 0.25) is 0 Å². The number of benzene rings is 2. The molecule has 0 heterocycles. The van der Waals surface area contributed by atoms with Gasteiger partial charge in [-0.3, -0.25) is 0 Å². The molecule has 20 heavy (non-hydrogen) atoms. The van der Waals surface area contributed by atoms with Crippen LogP contribution < -0.4 is 10.1 Å². The van der Waals surface area contributed by atoms with E-state index in [4.69, 9.17) is 4.74 Å². The molecule has 0 aromatic heterocycles. The minimum absolute atomic E-state index is 0.624. The second-order valence-electron chi connectivity index (χ2n) is 5.25. The molecule has 106 valence electrons. The van der Waals surface area contributed by atoms with Gasteiger partial charge in [0.1, 0.15) is 18.9 Å². The normalized spacial score (nSPS) is 12.1. The molecule has 0 spiro atoms. The van der Waals surface area contributed by atoms with Crippen LogP contribution in [0.3, 0.4) is 0 Å². The maximum absolute atomic E-state index is 5.85. The summed E-state index contributed by atoms with van der Waals surface area (Å²) in [5.74, 6) is 0.948. The molecule has 0 fully saturated rings. The van der Waals surface area contributed by atoms with Crippen LogP contribution in [0.25, 0.3) is 0 Å². The number of rotatable bonds is 7. The Kier molecular flexibility index (Phi) is 5.63. The van der Waals surface area contributed by atoms with E-state index in [1.807, 2.05) is 24.3 Å². The second-order valence-corrected chi connectivity index (χ2v) is 5.25. The molecule has 0 aliphatic carbocycles. The lowest BCUT2D eigenvalue weighted by atomic mass is 10.2. The van der Waals surface area contributed by atoms with Gasteiger partial charge in [-0.1, -0.05) is 49.4 Å². The van der Waals surface area contributed by atoms with E-state index in [1.54, 1.807) is 0 Å². The topological polar surface area (TPSA) is 25.8 Å². The van der Waals surface area contributed by atoms with Gasteiger partial charge in [-0.05, 0) is 31.0 Å². The van der Waals surface area contributed by atoms with Crippen LogP contribution in [0.4, 0.5) is 0 Å². The van der Waals surface area contributed by atoms with E-state index in [2.05, 4.69) is 49.5 Å². The monoisotopic (exact) mass is 270 g/mol. The molecule has 0 amide bonds. The van der Waals surface area contributed by atoms with Crippen molar-refractivity contribution < 1.29 is 10.1 Å². The van der Waals surface area contributed by atoms with Crippen LogP contribution in [0.1, 0.15) is 31.4 Å². The molecular weight excluding hydrogens is 246 g/mol. The Labute approximate surface area is 121 Å². The first-order valence-electron chi connectivity index (χ1n) is 7.37. The molecule has 2 N–H and O–H groups in total. The van der Waals surface area contributed by atoms with Gasteiger partial charge in [0.05, 0.1) is 6.04 Å². The van der Waals surface area contributed by atoms with Crippen LogP contribution >= 0.6 is 0 Å². The first kappa shape index (κ1) is 14.6.